The first-order valence-electron chi connectivity index (χ1n) is 8.30. The molecule has 3 rings (SSSR count). The molecular formula is C18H23N3O3. The van der Waals surface area contributed by atoms with Gasteiger partial charge in [0.05, 0.1) is 19.3 Å². The number of anilines is 1. The molecule has 0 radical (unpaired) electrons. The average molecular weight is 329 g/mol. The molecule has 1 atom stereocenters. The van der Waals surface area contributed by atoms with E-state index in [0.717, 1.165) is 25.9 Å². The Morgan fingerprint density at radius 1 is 1.38 bits per heavy atom. The van der Waals surface area contributed by atoms with E-state index in [1.54, 1.807) is 13.0 Å². The van der Waals surface area contributed by atoms with Gasteiger partial charge in [-0.3, -0.25) is 9.69 Å². The smallest absolute Gasteiger partial charge is 0.239 e. The minimum absolute atomic E-state index is 0.0768. The van der Waals surface area contributed by atoms with Crippen LogP contribution in [-0.4, -0.2) is 48.3 Å². The standard InChI is InChI=1S/C18H23N3O3/c1-14-11-17(20-24-14)19-18(22)13-21-9-10-23-16(12-21)8-7-15-5-3-2-4-6-15/h2-6,11,16H,7-10,12-13H2,1H3,(H,19,20,22). The highest BCUT2D eigenvalue weighted by Crippen LogP contribution is 2.13. The largest absolute Gasteiger partial charge is 0.376 e. The van der Waals surface area contributed by atoms with Crippen LogP contribution in [0.3, 0.4) is 0 Å². The molecule has 128 valence electrons. The van der Waals surface area contributed by atoms with E-state index in [4.69, 9.17) is 9.26 Å². The predicted octanol–water partition coefficient (Wildman–Crippen LogP) is 2.26. The van der Waals surface area contributed by atoms with Gasteiger partial charge in [0.1, 0.15) is 5.76 Å². The third-order valence-electron chi connectivity index (χ3n) is 4.08. The Morgan fingerprint density at radius 3 is 2.96 bits per heavy atom. The fourth-order valence-corrected chi connectivity index (χ4v) is 2.88. The molecule has 1 fully saturated rings. The molecule has 1 unspecified atom stereocenters. The monoisotopic (exact) mass is 329 g/mol. The fourth-order valence-electron chi connectivity index (χ4n) is 2.88. The molecule has 1 N–H and O–H groups in total. The topological polar surface area (TPSA) is 67.6 Å². The summed E-state index contributed by atoms with van der Waals surface area (Å²) >= 11 is 0. The summed E-state index contributed by atoms with van der Waals surface area (Å²) in [5.74, 6) is 1.07. The highest BCUT2D eigenvalue weighted by atomic mass is 16.5. The highest BCUT2D eigenvalue weighted by Gasteiger charge is 2.22. The van der Waals surface area contributed by atoms with Gasteiger partial charge in [0.2, 0.25) is 5.91 Å². The number of morpholine rings is 1. The van der Waals surface area contributed by atoms with Crippen molar-refractivity contribution in [3.63, 3.8) is 0 Å². The van der Waals surface area contributed by atoms with Crippen LogP contribution in [0.1, 0.15) is 17.7 Å². The van der Waals surface area contributed by atoms with E-state index >= 15 is 0 Å². The minimum atomic E-state index is -0.0768. The van der Waals surface area contributed by atoms with Gasteiger partial charge in [0.25, 0.3) is 0 Å². The van der Waals surface area contributed by atoms with E-state index in [9.17, 15) is 4.79 Å². The Morgan fingerprint density at radius 2 is 2.21 bits per heavy atom. The molecule has 0 saturated carbocycles. The maximum absolute atomic E-state index is 12.1. The number of rotatable bonds is 6. The number of amides is 1. The van der Waals surface area contributed by atoms with Crippen molar-refractivity contribution in [1.82, 2.24) is 10.1 Å². The molecule has 6 heteroatoms. The number of carbonyl (C=O) groups excluding carboxylic acids is 1. The van der Waals surface area contributed by atoms with Crippen LogP contribution < -0.4 is 5.32 Å². The second kappa shape index (κ2) is 8.08. The second-order valence-electron chi connectivity index (χ2n) is 6.12. The highest BCUT2D eigenvalue weighted by molar-refractivity contribution is 5.91. The van der Waals surface area contributed by atoms with E-state index < -0.39 is 0 Å². The first-order valence-corrected chi connectivity index (χ1v) is 8.30. The number of aryl methyl sites for hydroxylation is 2. The zero-order valence-electron chi connectivity index (χ0n) is 13.9. The number of nitrogens with one attached hydrogen (secondary N) is 1. The molecule has 1 saturated heterocycles. The maximum atomic E-state index is 12.1. The molecule has 6 nitrogen and oxygen atoms in total. The fraction of sp³-hybridized carbons (Fsp3) is 0.444. The third kappa shape index (κ3) is 4.91. The van der Waals surface area contributed by atoms with Crippen LogP contribution in [0.5, 0.6) is 0 Å². The van der Waals surface area contributed by atoms with Crippen LogP contribution >= 0.6 is 0 Å². The number of ether oxygens (including phenoxy) is 1. The van der Waals surface area contributed by atoms with Gasteiger partial charge < -0.3 is 14.6 Å². The number of hydrogen-bond acceptors (Lipinski definition) is 5. The molecule has 2 aromatic rings. The predicted molar refractivity (Wildman–Crippen MR) is 90.8 cm³/mol. The summed E-state index contributed by atoms with van der Waals surface area (Å²) in [5.41, 5.74) is 1.32. The van der Waals surface area contributed by atoms with Gasteiger partial charge in [0, 0.05) is 19.2 Å². The van der Waals surface area contributed by atoms with E-state index in [0.29, 0.717) is 24.7 Å². The van der Waals surface area contributed by atoms with Gasteiger partial charge in [-0.2, -0.15) is 0 Å². The maximum Gasteiger partial charge on any atom is 0.239 e. The van der Waals surface area contributed by atoms with Crippen molar-refractivity contribution in [3.8, 4) is 0 Å². The van der Waals surface area contributed by atoms with E-state index in [1.165, 1.54) is 5.56 Å². The lowest BCUT2D eigenvalue weighted by atomic mass is 10.1. The lowest BCUT2D eigenvalue weighted by Gasteiger charge is -2.32. The molecule has 0 aliphatic carbocycles. The van der Waals surface area contributed by atoms with Crippen LogP contribution in [0.4, 0.5) is 5.82 Å². The van der Waals surface area contributed by atoms with Gasteiger partial charge in [-0.25, -0.2) is 0 Å². The summed E-state index contributed by atoms with van der Waals surface area (Å²) in [6, 6.07) is 12.1. The summed E-state index contributed by atoms with van der Waals surface area (Å²) in [7, 11) is 0. The second-order valence-corrected chi connectivity index (χ2v) is 6.12. The van der Waals surface area contributed by atoms with Crippen molar-refractivity contribution in [2.75, 3.05) is 31.6 Å². The van der Waals surface area contributed by atoms with Gasteiger partial charge in [-0.1, -0.05) is 35.5 Å². The van der Waals surface area contributed by atoms with Crippen LogP contribution in [0, 0.1) is 6.92 Å². The Bertz CT molecular complexity index is 657. The van der Waals surface area contributed by atoms with Crippen LogP contribution in [0.15, 0.2) is 40.9 Å². The van der Waals surface area contributed by atoms with E-state index in [-0.39, 0.29) is 12.0 Å². The zero-order valence-corrected chi connectivity index (χ0v) is 13.9. The lowest BCUT2D eigenvalue weighted by Crippen LogP contribution is -2.45. The first-order chi connectivity index (χ1) is 11.7. The third-order valence-corrected chi connectivity index (χ3v) is 4.08. The number of hydrogen-bond donors (Lipinski definition) is 1. The van der Waals surface area contributed by atoms with Crippen molar-refractivity contribution in [3.05, 3.63) is 47.7 Å². The number of benzene rings is 1. The van der Waals surface area contributed by atoms with Gasteiger partial charge in [0.15, 0.2) is 5.82 Å². The van der Waals surface area contributed by atoms with E-state index in [2.05, 4.69) is 39.6 Å². The van der Waals surface area contributed by atoms with Crippen molar-refractivity contribution in [2.24, 2.45) is 0 Å². The number of carbonyl (C=O) groups is 1. The molecule has 0 bridgehead atoms. The van der Waals surface area contributed by atoms with E-state index in [1.807, 2.05) is 6.07 Å². The zero-order chi connectivity index (χ0) is 16.8. The summed E-state index contributed by atoms with van der Waals surface area (Å²) < 4.78 is 10.8. The van der Waals surface area contributed by atoms with Crippen molar-refractivity contribution >= 4 is 11.7 Å². The number of aromatic nitrogens is 1. The van der Waals surface area contributed by atoms with Crippen LogP contribution in [0.25, 0.3) is 0 Å². The summed E-state index contributed by atoms with van der Waals surface area (Å²) in [5, 5.41) is 6.53. The SMILES string of the molecule is Cc1cc(NC(=O)CN2CCOC(CCc3ccccc3)C2)no1. The molecule has 1 amide bonds. The lowest BCUT2D eigenvalue weighted by molar-refractivity contribution is -0.119. The molecular weight excluding hydrogens is 306 g/mol. The molecule has 0 spiro atoms. The van der Waals surface area contributed by atoms with Gasteiger partial charge in [-0.15, -0.1) is 0 Å². The molecule has 1 aliphatic heterocycles. The molecule has 2 heterocycles. The van der Waals surface area contributed by atoms with Gasteiger partial charge in [-0.05, 0) is 25.3 Å². The molecule has 24 heavy (non-hydrogen) atoms. The number of nitrogens with zero attached hydrogens (tertiary/aromatic N) is 2. The molecule has 1 aromatic heterocycles. The average Bonchev–Trinajstić information content (AvgIpc) is 2.99. The summed E-state index contributed by atoms with van der Waals surface area (Å²) in [6.45, 7) is 4.35. The normalized spacial score (nSPS) is 18.5. The summed E-state index contributed by atoms with van der Waals surface area (Å²) in [4.78, 5) is 14.2. The van der Waals surface area contributed by atoms with Gasteiger partial charge >= 0.3 is 0 Å². The Labute approximate surface area is 141 Å². The first kappa shape index (κ1) is 16.7. The quantitative estimate of drug-likeness (QED) is 0.880. The summed E-state index contributed by atoms with van der Waals surface area (Å²) in [6.07, 6.45) is 2.12. The minimum Gasteiger partial charge on any atom is -0.376 e. The van der Waals surface area contributed by atoms with Crippen molar-refractivity contribution in [1.29, 1.82) is 0 Å². The molecule has 1 aliphatic rings. The Kier molecular flexibility index (Phi) is 5.61. The van der Waals surface area contributed by atoms with Crippen LogP contribution in [0.2, 0.25) is 0 Å². The van der Waals surface area contributed by atoms with Crippen molar-refractivity contribution < 1.29 is 14.1 Å². The Hall–Kier alpha value is -2.18. The Balaban J connectivity index is 1.44. The van der Waals surface area contributed by atoms with Crippen LogP contribution in [-0.2, 0) is 16.0 Å². The molecule has 1 aromatic carbocycles. The van der Waals surface area contributed by atoms with Crippen molar-refractivity contribution in [2.45, 2.75) is 25.9 Å².